The molecule has 1 aliphatic heterocycles. The zero-order valence-corrected chi connectivity index (χ0v) is 20.6. The van der Waals surface area contributed by atoms with E-state index in [4.69, 9.17) is 9.72 Å². The van der Waals surface area contributed by atoms with Gasteiger partial charge in [0.1, 0.15) is 17.1 Å². The van der Waals surface area contributed by atoms with E-state index in [-0.39, 0.29) is 6.03 Å². The van der Waals surface area contributed by atoms with E-state index in [1.165, 1.54) is 5.56 Å². The summed E-state index contributed by atoms with van der Waals surface area (Å²) >= 11 is 0. The number of nitrogens with one attached hydrogen (secondary N) is 1. The van der Waals surface area contributed by atoms with Gasteiger partial charge in [0.2, 0.25) is 0 Å². The molecule has 1 N–H and O–H groups in total. The van der Waals surface area contributed by atoms with Crippen LogP contribution in [0.2, 0.25) is 0 Å². The van der Waals surface area contributed by atoms with E-state index in [1.807, 2.05) is 66.4 Å². The van der Waals surface area contributed by atoms with Crippen LogP contribution in [-0.4, -0.2) is 69.7 Å². The van der Waals surface area contributed by atoms with E-state index in [0.29, 0.717) is 32.8 Å². The van der Waals surface area contributed by atoms with Gasteiger partial charge < -0.3 is 15.0 Å². The van der Waals surface area contributed by atoms with E-state index >= 15 is 0 Å². The zero-order valence-electron chi connectivity index (χ0n) is 20.6. The number of piperazine rings is 1. The lowest BCUT2D eigenvalue weighted by Crippen LogP contribution is -2.51. The summed E-state index contributed by atoms with van der Waals surface area (Å²) in [7, 11) is 0. The Morgan fingerprint density at radius 1 is 0.972 bits per heavy atom. The molecule has 0 saturated carbocycles. The molecule has 2 aromatic carbocycles. The van der Waals surface area contributed by atoms with Gasteiger partial charge in [-0.05, 0) is 55.3 Å². The molecule has 0 bridgehead atoms. The van der Waals surface area contributed by atoms with Gasteiger partial charge in [-0.15, -0.1) is 0 Å². The Bertz CT molecular complexity index is 1280. The average molecular weight is 485 g/mol. The summed E-state index contributed by atoms with van der Waals surface area (Å²) < 4.78 is 7.73. The molecule has 8 heteroatoms. The van der Waals surface area contributed by atoms with Gasteiger partial charge in [0.15, 0.2) is 5.65 Å². The van der Waals surface area contributed by atoms with E-state index in [9.17, 15) is 4.79 Å². The fourth-order valence-electron chi connectivity index (χ4n) is 4.57. The normalized spacial score (nSPS) is 14.2. The standard InChI is InChI=1S/C28H32N6O2/c1-2-36-24-12-10-23(11-13-24)34-26(31-25-9-6-15-29-27(25)34)21-32-17-19-33(20-18-32)28(35)30-16-14-22-7-4-3-5-8-22/h3-13,15H,2,14,16-21H2,1H3,(H,30,35). The van der Waals surface area contributed by atoms with Gasteiger partial charge >= 0.3 is 6.03 Å². The molecule has 2 amide bonds. The molecule has 0 atom stereocenters. The van der Waals surface area contributed by atoms with Gasteiger partial charge in [-0.25, -0.2) is 14.8 Å². The highest BCUT2D eigenvalue weighted by Gasteiger charge is 2.23. The largest absolute Gasteiger partial charge is 0.494 e. The third-order valence-electron chi connectivity index (χ3n) is 6.45. The summed E-state index contributed by atoms with van der Waals surface area (Å²) in [5.74, 6) is 1.78. The minimum Gasteiger partial charge on any atom is -0.494 e. The number of carbonyl (C=O) groups is 1. The number of aromatic nitrogens is 3. The van der Waals surface area contributed by atoms with Gasteiger partial charge in [0.05, 0.1) is 13.2 Å². The highest BCUT2D eigenvalue weighted by atomic mass is 16.5. The Balaban J connectivity index is 1.21. The van der Waals surface area contributed by atoms with Crippen molar-refractivity contribution in [2.45, 2.75) is 19.9 Å². The molecule has 2 aromatic heterocycles. The van der Waals surface area contributed by atoms with Crippen LogP contribution in [0.4, 0.5) is 4.79 Å². The fraction of sp³-hybridized carbons (Fsp3) is 0.321. The summed E-state index contributed by atoms with van der Waals surface area (Å²) in [6.45, 7) is 6.93. The van der Waals surface area contributed by atoms with Crippen molar-refractivity contribution in [1.29, 1.82) is 0 Å². The number of carbonyl (C=O) groups excluding carboxylic acids is 1. The lowest BCUT2D eigenvalue weighted by Gasteiger charge is -2.34. The smallest absolute Gasteiger partial charge is 0.317 e. The van der Waals surface area contributed by atoms with Gasteiger partial charge in [0, 0.05) is 44.6 Å². The number of amides is 2. The highest BCUT2D eigenvalue weighted by Crippen LogP contribution is 2.23. The number of nitrogens with zero attached hydrogens (tertiary/aromatic N) is 5. The van der Waals surface area contributed by atoms with Crippen molar-refractivity contribution in [3.63, 3.8) is 0 Å². The molecule has 8 nitrogen and oxygen atoms in total. The monoisotopic (exact) mass is 484 g/mol. The van der Waals surface area contributed by atoms with E-state index in [0.717, 1.165) is 47.9 Å². The average Bonchev–Trinajstić information content (AvgIpc) is 3.28. The number of fused-ring (bicyclic) bond motifs is 1. The molecule has 3 heterocycles. The molecule has 1 aliphatic rings. The summed E-state index contributed by atoms with van der Waals surface area (Å²) in [6, 6.07) is 22.2. The lowest BCUT2D eigenvalue weighted by molar-refractivity contribution is 0.133. The van der Waals surface area contributed by atoms with E-state index < -0.39 is 0 Å². The first-order valence-corrected chi connectivity index (χ1v) is 12.6. The van der Waals surface area contributed by atoms with Crippen molar-refractivity contribution in [3.05, 3.63) is 84.3 Å². The van der Waals surface area contributed by atoms with E-state index in [2.05, 4.69) is 31.9 Å². The third-order valence-corrected chi connectivity index (χ3v) is 6.45. The second-order valence-electron chi connectivity index (χ2n) is 8.87. The second-order valence-corrected chi connectivity index (χ2v) is 8.87. The van der Waals surface area contributed by atoms with Crippen LogP contribution in [0, 0.1) is 0 Å². The maximum absolute atomic E-state index is 12.6. The topological polar surface area (TPSA) is 75.5 Å². The van der Waals surface area contributed by atoms with Crippen LogP contribution in [0.5, 0.6) is 5.75 Å². The van der Waals surface area contributed by atoms with Crippen LogP contribution in [-0.2, 0) is 13.0 Å². The van der Waals surface area contributed by atoms with Crippen molar-refractivity contribution in [2.75, 3.05) is 39.3 Å². The number of hydrogen-bond acceptors (Lipinski definition) is 5. The molecule has 5 rings (SSSR count). The number of pyridine rings is 1. The molecule has 0 spiro atoms. The zero-order chi connectivity index (χ0) is 24.7. The maximum atomic E-state index is 12.6. The number of imidazole rings is 1. The number of benzene rings is 2. The van der Waals surface area contributed by atoms with Gasteiger partial charge in [0.25, 0.3) is 0 Å². The number of ether oxygens (including phenoxy) is 1. The first-order chi connectivity index (χ1) is 17.7. The third kappa shape index (κ3) is 5.49. The summed E-state index contributed by atoms with van der Waals surface area (Å²) in [5.41, 5.74) is 3.95. The van der Waals surface area contributed by atoms with Crippen LogP contribution >= 0.6 is 0 Å². The van der Waals surface area contributed by atoms with Gasteiger partial charge in [-0.1, -0.05) is 30.3 Å². The Morgan fingerprint density at radius 3 is 2.50 bits per heavy atom. The Kier molecular flexibility index (Phi) is 7.42. The summed E-state index contributed by atoms with van der Waals surface area (Å²) in [4.78, 5) is 26.4. The Hall–Kier alpha value is -3.91. The predicted octanol–water partition coefficient (Wildman–Crippen LogP) is 3.89. The van der Waals surface area contributed by atoms with Gasteiger partial charge in [-0.3, -0.25) is 9.47 Å². The molecule has 1 fully saturated rings. The SMILES string of the molecule is CCOc1ccc(-n2c(CN3CCN(C(=O)NCCc4ccccc4)CC3)nc3cccnc32)cc1. The van der Waals surface area contributed by atoms with Crippen molar-refractivity contribution in [2.24, 2.45) is 0 Å². The number of rotatable bonds is 8. The molecular formula is C28H32N6O2. The maximum Gasteiger partial charge on any atom is 0.317 e. The molecule has 0 radical (unpaired) electrons. The minimum absolute atomic E-state index is 0.0106. The van der Waals surface area contributed by atoms with Crippen molar-refractivity contribution >= 4 is 17.2 Å². The minimum atomic E-state index is 0.0106. The van der Waals surface area contributed by atoms with Crippen LogP contribution in [0.15, 0.2) is 72.9 Å². The van der Waals surface area contributed by atoms with Crippen molar-refractivity contribution in [1.82, 2.24) is 29.7 Å². The van der Waals surface area contributed by atoms with Crippen molar-refractivity contribution in [3.8, 4) is 11.4 Å². The molecule has 36 heavy (non-hydrogen) atoms. The van der Waals surface area contributed by atoms with Gasteiger partial charge in [-0.2, -0.15) is 0 Å². The van der Waals surface area contributed by atoms with Crippen LogP contribution in [0.3, 0.4) is 0 Å². The van der Waals surface area contributed by atoms with Crippen LogP contribution < -0.4 is 10.1 Å². The molecule has 0 unspecified atom stereocenters. The first-order valence-electron chi connectivity index (χ1n) is 12.6. The molecule has 1 saturated heterocycles. The van der Waals surface area contributed by atoms with E-state index in [1.54, 1.807) is 6.20 Å². The summed E-state index contributed by atoms with van der Waals surface area (Å²) in [6.07, 6.45) is 2.64. The molecule has 0 aliphatic carbocycles. The fourth-order valence-corrected chi connectivity index (χ4v) is 4.57. The molecular weight excluding hydrogens is 452 g/mol. The van der Waals surface area contributed by atoms with Crippen molar-refractivity contribution < 1.29 is 9.53 Å². The highest BCUT2D eigenvalue weighted by molar-refractivity contribution is 5.74. The quantitative estimate of drug-likeness (QED) is 0.411. The van der Waals surface area contributed by atoms with Crippen LogP contribution in [0.25, 0.3) is 16.9 Å². The predicted molar refractivity (Wildman–Crippen MR) is 140 cm³/mol. The summed E-state index contributed by atoms with van der Waals surface area (Å²) in [5, 5.41) is 3.06. The number of hydrogen-bond donors (Lipinski definition) is 1. The second kappa shape index (κ2) is 11.2. The van der Waals surface area contributed by atoms with Crippen LogP contribution in [0.1, 0.15) is 18.3 Å². The first kappa shape index (κ1) is 23.8. The molecule has 186 valence electrons. The number of urea groups is 1. The lowest BCUT2D eigenvalue weighted by atomic mass is 10.1. The Morgan fingerprint density at radius 2 is 1.75 bits per heavy atom. The molecule has 4 aromatic rings. The Labute approximate surface area is 211 Å².